The van der Waals surface area contributed by atoms with Crippen LogP contribution >= 0.6 is 0 Å². The van der Waals surface area contributed by atoms with Gasteiger partial charge in [0.1, 0.15) is 5.69 Å². The number of aryl methyl sites for hydroxylation is 1. The largest absolute Gasteiger partial charge is 0.416 e. The molecule has 0 radical (unpaired) electrons. The molecule has 0 aliphatic carbocycles. The van der Waals surface area contributed by atoms with Gasteiger partial charge >= 0.3 is 6.18 Å². The third-order valence-corrected chi connectivity index (χ3v) is 2.92. The van der Waals surface area contributed by atoms with Crippen LogP contribution in [0.1, 0.15) is 5.56 Å². The zero-order valence-corrected chi connectivity index (χ0v) is 10.8. The molecule has 0 aliphatic rings. The molecule has 0 saturated carbocycles. The van der Waals surface area contributed by atoms with Gasteiger partial charge in [0, 0.05) is 18.8 Å². The molecular weight excluding hydrogens is 285 g/mol. The fourth-order valence-corrected chi connectivity index (χ4v) is 1.83. The molecule has 0 fully saturated rings. The Kier molecular flexibility index (Phi) is 3.00. The van der Waals surface area contributed by atoms with E-state index in [4.69, 9.17) is 4.42 Å². The Morgan fingerprint density at radius 2 is 1.67 bits per heavy atom. The van der Waals surface area contributed by atoms with Gasteiger partial charge in [-0.05, 0) is 30.3 Å². The molecule has 0 N–H and O–H groups in total. The number of hydrogen-bond acceptors (Lipinski definition) is 4. The van der Waals surface area contributed by atoms with Gasteiger partial charge in [-0.15, -0.1) is 10.2 Å². The third-order valence-electron chi connectivity index (χ3n) is 2.92. The summed E-state index contributed by atoms with van der Waals surface area (Å²) in [5.74, 6) is 0.407. The van der Waals surface area contributed by atoms with Crippen molar-refractivity contribution in [2.24, 2.45) is 7.05 Å². The van der Waals surface area contributed by atoms with Crippen molar-refractivity contribution in [2.45, 2.75) is 6.18 Å². The molecular formula is C13H9F3N4O. The van der Waals surface area contributed by atoms with Crippen LogP contribution in [-0.4, -0.2) is 20.0 Å². The molecule has 108 valence electrons. The van der Waals surface area contributed by atoms with E-state index in [1.54, 1.807) is 24.0 Å². The topological polar surface area (TPSA) is 56.7 Å². The first-order chi connectivity index (χ1) is 9.95. The highest BCUT2D eigenvalue weighted by molar-refractivity contribution is 5.56. The molecule has 1 aromatic carbocycles. The first-order valence-corrected chi connectivity index (χ1v) is 5.94. The second-order valence-corrected chi connectivity index (χ2v) is 4.33. The maximum atomic E-state index is 12.5. The Morgan fingerprint density at radius 3 is 2.24 bits per heavy atom. The molecule has 0 bridgehead atoms. The van der Waals surface area contributed by atoms with Crippen LogP contribution in [0.3, 0.4) is 0 Å². The lowest BCUT2D eigenvalue weighted by atomic mass is 10.1. The minimum absolute atomic E-state index is 0.153. The highest BCUT2D eigenvalue weighted by atomic mass is 19.4. The lowest BCUT2D eigenvalue weighted by molar-refractivity contribution is -0.137. The van der Waals surface area contributed by atoms with Crippen molar-refractivity contribution < 1.29 is 17.6 Å². The van der Waals surface area contributed by atoms with Crippen molar-refractivity contribution in [1.82, 2.24) is 20.0 Å². The zero-order chi connectivity index (χ0) is 15.0. The summed E-state index contributed by atoms with van der Waals surface area (Å²) >= 11 is 0. The fraction of sp³-hybridized carbons (Fsp3) is 0.154. The summed E-state index contributed by atoms with van der Waals surface area (Å²) < 4.78 is 44.5. The van der Waals surface area contributed by atoms with Gasteiger partial charge < -0.3 is 4.42 Å². The van der Waals surface area contributed by atoms with Gasteiger partial charge in [-0.2, -0.15) is 18.3 Å². The molecule has 2 heterocycles. The molecule has 21 heavy (non-hydrogen) atoms. The molecule has 0 saturated heterocycles. The number of hydrogen-bond donors (Lipinski definition) is 0. The van der Waals surface area contributed by atoms with Crippen LogP contribution in [0.15, 0.2) is 40.9 Å². The van der Waals surface area contributed by atoms with E-state index in [1.165, 1.54) is 12.1 Å². The Bertz CT molecular complexity index is 758. The molecule has 3 aromatic rings. The summed E-state index contributed by atoms with van der Waals surface area (Å²) in [5.41, 5.74) is 0.321. The van der Waals surface area contributed by atoms with E-state index in [1.807, 2.05) is 0 Å². The number of alkyl halides is 3. The quantitative estimate of drug-likeness (QED) is 0.728. The van der Waals surface area contributed by atoms with E-state index >= 15 is 0 Å². The molecule has 0 aliphatic heterocycles. The van der Waals surface area contributed by atoms with Gasteiger partial charge in [-0.1, -0.05) is 0 Å². The van der Waals surface area contributed by atoms with Crippen LogP contribution < -0.4 is 0 Å². The predicted octanol–water partition coefficient (Wildman–Crippen LogP) is 3.16. The van der Waals surface area contributed by atoms with Gasteiger partial charge in [-0.25, -0.2) is 0 Å². The molecule has 0 spiro atoms. The number of rotatable bonds is 2. The number of halogens is 3. The highest BCUT2D eigenvalue weighted by Gasteiger charge is 2.30. The average molecular weight is 294 g/mol. The van der Waals surface area contributed by atoms with Crippen molar-refractivity contribution in [3.63, 3.8) is 0 Å². The van der Waals surface area contributed by atoms with E-state index in [9.17, 15) is 13.2 Å². The second kappa shape index (κ2) is 4.72. The van der Waals surface area contributed by atoms with Gasteiger partial charge in [0.15, 0.2) is 0 Å². The van der Waals surface area contributed by atoms with Crippen molar-refractivity contribution in [2.75, 3.05) is 0 Å². The van der Waals surface area contributed by atoms with Crippen LogP contribution in [0.25, 0.3) is 23.0 Å². The Labute approximate surface area is 117 Å². The monoisotopic (exact) mass is 294 g/mol. The van der Waals surface area contributed by atoms with Crippen LogP contribution in [0.4, 0.5) is 13.2 Å². The van der Waals surface area contributed by atoms with E-state index in [-0.39, 0.29) is 11.8 Å². The summed E-state index contributed by atoms with van der Waals surface area (Å²) in [6.45, 7) is 0. The number of benzene rings is 1. The predicted molar refractivity (Wildman–Crippen MR) is 66.9 cm³/mol. The maximum absolute atomic E-state index is 12.5. The maximum Gasteiger partial charge on any atom is 0.416 e. The molecule has 5 nitrogen and oxygen atoms in total. The molecule has 3 rings (SSSR count). The minimum Gasteiger partial charge on any atom is -0.415 e. The molecule has 0 atom stereocenters. The van der Waals surface area contributed by atoms with E-state index in [0.29, 0.717) is 11.3 Å². The van der Waals surface area contributed by atoms with Crippen molar-refractivity contribution >= 4 is 0 Å². The van der Waals surface area contributed by atoms with Crippen LogP contribution in [-0.2, 0) is 13.2 Å². The normalized spacial score (nSPS) is 11.8. The van der Waals surface area contributed by atoms with Crippen LogP contribution in [0.5, 0.6) is 0 Å². The van der Waals surface area contributed by atoms with Crippen LogP contribution in [0, 0.1) is 0 Å². The van der Waals surface area contributed by atoms with Crippen molar-refractivity contribution in [1.29, 1.82) is 0 Å². The SMILES string of the molecule is Cn1nccc1-c1nnc(-c2ccc(C(F)(F)F)cc2)o1. The number of nitrogens with zero attached hydrogens (tertiary/aromatic N) is 4. The van der Waals surface area contributed by atoms with Crippen LogP contribution in [0.2, 0.25) is 0 Å². The summed E-state index contributed by atoms with van der Waals surface area (Å²) in [6, 6.07) is 6.24. The smallest absolute Gasteiger partial charge is 0.415 e. The lowest BCUT2D eigenvalue weighted by Crippen LogP contribution is -2.03. The standard InChI is InChI=1S/C13H9F3N4O/c1-20-10(6-7-17-20)12-19-18-11(21-12)8-2-4-9(5-3-8)13(14,15)16/h2-7H,1H3. The second-order valence-electron chi connectivity index (χ2n) is 4.33. The van der Waals surface area contributed by atoms with E-state index in [0.717, 1.165) is 12.1 Å². The zero-order valence-electron chi connectivity index (χ0n) is 10.8. The summed E-state index contributed by atoms with van der Waals surface area (Å²) in [5, 5.41) is 11.7. The lowest BCUT2D eigenvalue weighted by Gasteiger charge is -2.05. The Balaban J connectivity index is 1.92. The van der Waals surface area contributed by atoms with Crippen molar-refractivity contribution in [3.05, 3.63) is 42.1 Å². The minimum atomic E-state index is -4.37. The highest BCUT2D eigenvalue weighted by Crippen LogP contribution is 2.31. The first kappa shape index (κ1) is 13.3. The Hall–Kier alpha value is -2.64. The van der Waals surface area contributed by atoms with Gasteiger partial charge in [0.05, 0.1) is 5.56 Å². The fourth-order valence-electron chi connectivity index (χ4n) is 1.83. The summed E-state index contributed by atoms with van der Waals surface area (Å²) in [4.78, 5) is 0. The first-order valence-electron chi connectivity index (χ1n) is 5.94. The molecule has 8 heteroatoms. The molecule has 0 amide bonds. The molecule has 2 aromatic heterocycles. The van der Waals surface area contributed by atoms with Gasteiger partial charge in [-0.3, -0.25) is 4.68 Å². The average Bonchev–Trinajstić information content (AvgIpc) is 3.06. The van der Waals surface area contributed by atoms with Crippen molar-refractivity contribution in [3.8, 4) is 23.0 Å². The van der Waals surface area contributed by atoms with Gasteiger partial charge in [0.25, 0.3) is 5.89 Å². The summed E-state index contributed by atoms with van der Waals surface area (Å²) in [7, 11) is 1.72. The molecule has 0 unspecified atom stereocenters. The Morgan fingerprint density at radius 1 is 1.00 bits per heavy atom. The number of aromatic nitrogens is 4. The van der Waals surface area contributed by atoms with Gasteiger partial charge in [0.2, 0.25) is 5.89 Å². The van der Waals surface area contributed by atoms with E-state index < -0.39 is 11.7 Å². The summed E-state index contributed by atoms with van der Waals surface area (Å²) in [6.07, 6.45) is -2.79. The van der Waals surface area contributed by atoms with E-state index in [2.05, 4.69) is 15.3 Å². The third kappa shape index (κ3) is 2.51.